The highest BCUT2D eigenvalue weighted by molar-refractivity contribution is 5.38. The largest absolute Gasteiger partial charge is 0.497 e. The van der Waals surface area contributed by atoms with Crippen molar-refractivity contribution in [1.82, 2.24) is 0 Å². The molecule has 4 nitrogen and oxygen atoms in total. The zero-order valence-corrected chi connectivity index (χ0v) is 11.4. The van der Waals surface area contributed by atoms with Gasteiger partial charge in [0.15, 0.2) is 0 Å². The van der Waals surface area contributed by atoms with Crippen molar-refractivity contribution in [3.8, 4) is 23.0 Å². The maximum absolute atomic E-state index is 8.69. The fourth-order valence-electron chi connectivity index (χ4n) is 1.66. The molecule has 0 saturated heterocycles. The van der Waals surface area contributed by atoms with Crippen molar-refractivity contribution in [3.63, 3.8) is 0 Å². The number of benzene rings is 2. The summed E-state index contributed by atoms with van der Waals surface area (Å²) in [5, 5.41) is 8.69. The van der Waals surface area contributed by atoms with Crippen LogP contribution >= 0.6 is 0 Å². The van der Waals surface area contributed by atoms with Crippen LogP contribution in [0.4, 0.5) is 0 Å². The van der Waals surface area contributed by atoms with E-state index in [9.17, 15) is 0 Å². The van der Waals surface area contributed by atoms with E-state index in [2.05, 4.69) is 0 Å². The van der Waals surface area contributed by atoms with Gasteiger partial charge in [-0.05, 0) is 36.4 Å². The van der Waals surface area contributed by atoms with Crippen LogP contribution in [-0.4, -0.2) is 25.4 Å². The molecule has 1 N–H and O–H groups in total. The number of hydrogen-bond donors (Lipinski definition) is 1. The van der Waals surface area contributed by atoms with Gasteiger partial charge in [0.05, 0.1) is 13.7 Å². The first kappa shape index (κ1) is 14.2. The third-order valence-electron chi connectivity index (χ3n) is 2.67. The van der Waals surface area contributed by atoms with Gasteiger partial charge in [-0.1, -0.05) is 6.07 Å². The van der Waals surface area contributed by atoms with E-state index >= 15 is 0 Å². The van der Waals surface area contributed by atoms with E-state index in [-0.39, 0.29) is 6.61 Å². The Balaban J connectivity index is 1.95. The first-order chi connectivity index (χ1) is 9.81. The summed E-state index contributed by atoms with van der Waals surface area (Å²) in [6, 6.07) is 14.8. The molecule has 20 heavy (non-hydrogen) atoms. The average Bonchev–Trinajstić information content (AvgIpc) is 2.49. The summed E-state index contributed by atoms with van der Waals surface area (Å²) >= 11 is 0. The van der Waals surface area contributed by atoms with Crippen LogP contribution in [0.3, 0.4) is 0 Å². The number of methoxy groups -OCH3 is 1. The van der Waals surface area contributed by atoms with Crippen LogP contribution in [0.5, 0.6) is 23.0 Å². The Bertz CT molecular complexity index is 522. The fraction of sp³-hybridized carbons (Fsp3) is 0.250. The molecule has 0 aliphatic carbocycles. The van der Waals surface area contributed by atoms with E-state index in [1.807, 2.05) is 48.5 Å². The fourth-order valence-corrected chi connectivity index (χ4v) is 1.66. The lowest BCUT2D eigenvalue weighted by atomic mass is 10.3. The highest BCUT2D eigenvalue weighted by Gasteiger charge is 2.00. The van der Waals surface area contributed by atoms with Crippen LogP contribution in [0.25, 0.3) is 0 Å². The Morgan fingerprint density at radius 3 is 2.30 bits per heavy atom. The molecule has 0 fully saturated rings. The topological polar surface area (TPSA) is 47.9 Å². The van der Waals surface area contributed by atoms with Crippen LogP contribution in [0, 0.1) is 0 Å². The zero-order chi connectivity index (χ0) is 14.2. The molecule has 0 spiro atoms. The van der Waals surface area contributed by atoms with Gasteiger partial charge in [-0.3, -0.25) is 0 Å². The molecule has 0 bridgehead atoms. The molecule has 0 heterocycles. The Morgan fingerprint density at radius 2 is 1.60 bits per heavy atom. The lowest BCUT2D eigenvalue weighted by Gasteiger charge is -2.09. The van der Waals surface area contributed by atoms with Gasteiger partial charge < -0.3 is 19.3 Å². The molecule has 0 aromatic heterocycles. The molecule has 0 unspecified atom stereocenters. The molecule has 0 amide bonds. The normalized spacial score (nSPS) is 10.1. The SMILES string of the molecule is COc1cccc(Oc2ccc(OCCCO)cc2)c1. The smallest absolute Gasteiger partial charge is 0.131 e. The van der Waals surface area contributed by atoms with Gasteiger partial charge in [-0.25, -0.2) is 0 Å². The minimum atomic E-state index is 0.136. The van der Waals surface area contributed by atoms with Crippen LogP contribution < -0.4 is 14.2 Å². The lowest BCUT2D eigenvalue weighted by Crippen LogP contribution is -1.99. The molecule has 0 radical (unpaired) electrons. The van der Waals surface area contributed by atoms with Gasteiger partial charge in [-0.15, -0.1) is 0 Å². The maximum Gasteiger partial charge on any atom is 0.131 e. The predicted octanol–water partition coefficient (Wildman–Crippen LogP) is 3.25. The number of ether oxygens (including phenoxy) is 3. The summed E-state index contributed by atoms with van der Waals surface area (Å²) in [7, 11) is 1.62. The Labute approximate surface area is 118 Å². The quantitative estimate of drug-likeness (QED) is 0.787. The Kier molecular flexibility index (Phi) is 5.26. The molecule has 0 aliphatic rings. The van der Waals surface area contributed by atoms with Crippen LogP contribution in [0.2, 0.25) is 0 Å². The van der Waals surface area contributed by atoms with Crippen LogP contribution in [0.1, 0.15) is 6.42 Å². The highest BCUT2D eigenvalue weighted by Crippen LogP contribution is 2.26. The van der Waals surface area contributed by atoms with E-state index in [0.29, 0.717) is 13.0 Å². The average molecular weight is 274 g/mol. The summed E-state index contributed by atoms with van der Waals surface area (Å²) in [5.74, 6) is 2.97. The summed E-state index contributed by atoms with van der Waals surface area (Å²) in [6.07, 6.45) is 0.627. The van der Waals surface area contributed by atoms with Gasteiger partial charge in [-0.2, -0.15) is 0 Å². The monoisotopic (exact) mass is 274 g/mol. The second-order valence-corrected chi connectivity index (χ2v) is 4.18. The number of aliphatic hydroxyl groups is 1. The minimum absolute atomic E-state index is 0.136. The van der Waals surface area contributed by atoms with E-state index < -0.39 is 0 Å². The van der Waals surface area contributed by atoms with Gasteiger partial charge in [0.25, 0.3) is 0 Å². The van der Waals surface area contributed by atoms with Crippen molar-refractivity contribution < 1.29 is 19.3 Å². The Hall–Kier alpha value is -2.20. The summed E-state index contributed by atoms with van der Waals surface area (Å²) in [4.78, 5) is 0. The molecule has 2 aromatic rings. The van der Waals surface area contributed by atoms with Crippen molar-refractivity contribution in [1.29, 1.82) is 0 Å². The molecule has 0 aliphatic heterocycles. The molecule has 2 aromatic carbocycles. The molecular formula is C16H18O4. The van der Waals surface area contributed by atoms with E-state index in [1.54, 1.807) is 7.11 Å². The van der Waals surface area contributed by atoms with Crippen LogP contribution in [0.15, 0.2) is 48.5 Å². The third kappa shape index (κ3) is 4.17. The lowest BCUT2D eigenvalue weighted by molar-refractivity contribution is 0.233. The summed E-state index contributed by atoms with van der Waals surface area (Å²) in [6.45, 7) is 0.642. The second-order valence-electron chi connectivity index (χ2n) is 4.18. The minimum Gasteiger partial charge on any atom is -0.497 e. The Morgan fingerprint density at radius 1 is 0.900 bits per heavy atom. The number of hydrogen-bond acceptors (Lipinski definition) is 4. The number of aliphatic hydroxyl groups excluding tert-OH is 1. The summed E-state index contributed by atoms with van der Waals surface area (Å²) < 4.78 is 16.3. The highest BCUT2D eigenvalue weighted by atomic mass is 16.5. The predicted molar refractivity (Wildman–Crippen MR) is 76.7 cm³/mol. The number of rotatable bonds is 7. The molecule has 4 heteroatoms. The zero-order valence-electron chi connectivity index (χ0n) is 11.4. The van der Waals surface area contributed by atoms with E-state index in [1.165, 1.54) is 0 Å². The molecule has 2 rings (SSSR count). The van der Waals surface area contributed by atoms with Gasteiger partial charge in [0, 0.05) is 19.1 Å². The molecule has 0 saturated carbocycles. The van der Waals surface area contributed by atoms with Crippen LogP contribution in [-0.2, 0) is 0 Å². The van der Waals surface area contributed by atoms with Crippen molar-refractivity contribution in [2.75, 3.05) is 20.3 Å². The van der Waals surface area contributed by atoms with Gasteiger partial charge in [0.2, 0.25) is 0 Å². The third-order valence-corrected chi connectivity index (χ3v) is 2.67. The maximum atomic E-state index is 8.69. The molecule has 0 atom stereocenters. The van der Waals surface area contributed by atoms with E-state index in [0.717, 1.165) is 23.0 Å². The van der Waals surface area contributed by atoms with E-state index in [4.69, 9.17) is 19.3 Å². The van der Waals surface area contributed by atoms with Gasteiger partial charge >= 0.3 is 0 Å². The van der Waals surface area contributed by atoms with Crippen molar-refractivity contribution in [2.45, 2.75) is 6.42 Å². The van der Waals surface area contributed by atoms with Crippen molar-refractivity contribution in [2.24, 2.45) is 0 Å². The second kappa shape index (κ2) is 7.40. The van der Waals surface area contributed by atoms with Crippen molar-refractivity contribution in [3.05, 3.63) is 48.5 Å². The standard InChI is InChI=1S/C16H18O4/c1-18-15-4-2-5-16(12-15)20-14-8-6-13(7-9-14)19-11-3-10-17/h2,4-9,12,17H,3,10-11H2,1H3. The summed E-state index contributed by atoms with van der Waals surface area (Å²) in [5.41, 5.74) is 0. The molecule has 106 valence electrons. The molecular weight excluding hydrogens is 256 g/mol. The first-order valence-corrected chi connectivity index (χ1v) is 6.47. The van der Waals surface area contributed by atoms with Crippen molar-refractivity contribution >= 4 is 0 Å². The first-order valence-electron chi connectivity index (χ1n) is 6.47. The van der Waals surface area contributed by atoms with Gasteiger partial charge in [0.1, 0.15) is 23.0 Å².